The van der Waals surface area contributed by atoms with Crippen LogP contribution in [0.3, 0.4) is 0 Å². The predicted octanol–water partition coefficient (Wildman–Crippen LogP) is 4.92. The predicted molar refractivity (Wildman–Crippen MR) is 109 cm³/mol. The highest BCUT2D eigenvalue weighted by Crippen LogP contribution is 2.21. The molecule has 0 radical (unpaired) electrons. The lowest BCUT2D eigenvalue weighted by Crippen LogP contribution is -2.14. The molecule has 0 atom stereocenters. The van der Waals surface area contributed by atoms with Gasteiger partial charge in [0.15, 0.2) is 0 Å². The van der Waals surface area contributed by atoms with Crippen LogP contribution in [-0.2, 0) is 6.54 Å². The summed E-state index contributed by atoms with van der Waals surface area (Å²) in [6, 6.07) is 16.7. The molecule has 0 saturated carbocycles. The molecule has 5 nitrogen and oxygen atoms in total. The molecule has 138 valence electrons. The van der Waals surface area contributed by atoms with Crippen molar-refractivity contribution >= 4 is 28.9 Å². The van der Waals surface area contributed by atoms with Gasteiger partial charge in [-0.05, 0) is 42.8 Å². The van der Waals surface area contributed by atoms with E-state index in [4.69, 9.17) is 16.3 Å². The largest absolute Gasteiger partial charge is 0.496 e. The van der Waals surface area contributed by atoms with Crippen LogP contribution in [0.1, 0.15) is 21.6 Å². The van der Waals surface area contributed by atoms with Crippen molar-refractivity contribution in [3.63, 3.8) is 0 Å². The average Bonchev–Trinajstić information content (AvgIpc) is 2.69. The van der Waals surface area contributed by atoms with E-state index in [1.807, 2.05) is 49.4 Å². The number of amides is 1. The van der Waals surface area contributed by atoms with Crippen LogP contribution in [0.4, 0.5) is 11.4 Å². The number of nitrogens with zero attached hydrogens (tertiary/aromatic N) is 1. The van der Waals surface area contributed by atoms with Crippen LogP contribution in [-0.4, -0.2) is 18.0 Å². The van der Waals surface area contributed by atoms with Crippen molar-refractivity contribution in [1.29, 1.82) is 0 Å². The zero-order chi connectivity index (χ0) is 19.2. The van der Waals surface area contributed by atoms with E-state index in [0.29, 0.717) is 22.9 Å². The molecule has 1 heterocycles. The normalized spacial score (nSPS) is 10.3. The highest BCUT2D eigenvalue weighted by Gasteiger charge is 2.10. The first-order chi connectivity index (χ1) is 13.1. The first-order valence-electron chi connectivity index (χ1n) is 8.46. The van der Waals surface area contributed by atoms with Crippen molar-refractivity contribution in [3.8, 4) is 5.75 Å². The number of pyridine rings is 1. The highest BCUT2D eigenvalue weighted by molar-refractivity contribution is 6.31. The molecular weight excluding hydrogens is 362 g/mol. The van der Waals surface area contributed by atoms with Crippen LogP contribution in [0.2, 0.25) is 5.02 Å². The molecule has 3 aromatic rings. The summed E-state index contributed by atoms with van der Waals surface area (Å²) in [5, 5.41) is 6.71. The summed E-state index contributed by atoms with van der Waals surface area (Å²) >= 11 is 6.11. The maximum absolute atomic E-state index is 12.5. The summed E-state index contributed by atoms with van der Waals surface area (Å²) in [5.41, 5.74) is 3.72. The van der Waals surface area contributed by atoms with Crippen LogP contribution in [0, 0.1) is 6.92 Å². The number of ether oxygens (including phenoxy) is 1. The molecule has 6 heteroatoms. The molecule has 3 rings (SSSR count). The van der Waals surface area contributed by atoms with E-state index in [1.165, 1.54) is 0 Å². The van der Waals surface area contributed by atoms with Gasteiger partial charge in [-0.25, -0.2) is 0 Å². The molecule has 0 spiro atoms. The Bertz CT molecular complexity index is 960. The number of methoxy groups -OCH3 is 1. The van der Waals surface area contributed by atoms with E-state index < -0.39 is 0 Å². The lowest BCUT2D eigenvalue weighted by atomic mass is 10.2. The van der Waals surface area contributed by atoms with Gasteiger partial charge in [0.05, 0.1) is 7.11 Å². The Morgan fingerprint density at radius 3 is 2.70 bits per heavy atom. The first kappa shape index (κ1) is 18.7. The monoisotopic (exact) mass is 381 g/mol. The molecule has 1 aromatic heterocycles. The number of hydrogen-bond donors (Lipinski definition) is 2. The minimum absolute atomic E-state index is 0.295. The number of rotatable bonds is 6. The third kappa shape index (κ3) is 4.77. The second-order valence-corrected chi connectivity index (χ2v) is 6.42. The number of carbonyl (C=O) groups is 1. The Balaban J connectivity index is 1.69. The third-order valence-electron chi connectivity index (χ3n) is 4.10. The van der Waals surface area contributed by atoms with Gasteiger partial charge in [0.25, 0.3) is 5.91 Å². The average molecular weight is 382 g/mol. The number of hydrogen-bond acceptors (Lipinski definition) is 4. The molecule has 1 amide bonds. The van der Waals surface area contributed by atoms with Gasteiger partial charge in [-0.2, -0.15) is 0 Å². The van der Waals surface area contributed by atoms with Gasteiger partial charge >= 0.3 is 0 Å². The van der Waals surface area contributed by atoms with Crippen molar-refractivity contribution in [3.05, 3.63) is 82.6 Å². The molecule has 0 saturated heterocycles. The van der Waals surface area contributed by atoms with Gasteiger partial charge in [-0.3, -0.25) is 9.78 Å². The number of anilines is 2. The van der Waals surface area contributed by atoms with E-state index >= 15 is 0 Å². The maximum Gasteiger partial charge on any atom is 0.274 e. The van der Waals surface area contributed by atoms with Gasteiger partial charge in [-0.1, -0.05) is 35.9 Å². The molecule has 0 fully saturated rings. The number of nitrogens with one attached hydrogen (secondary N) is 2. The Morgan fingerprint density at radius 2 is 1.93 bits per heavy atom. The lowest BCUT2D eigenvalue weighted by Gasteiger charge is -2.11. The second kappa shape index (κ2) is 8.56. The molecule has 0 aliphatic heterocycles. The van der Waals surface area contributed by atoms with Crippen molar-refractivity contribution in [2.24, 2.45) is 0 Å². The number of aromatic nitrogens is 1. The molecule has 0 aliphatic rings. The van der Waals surface area contributed by atoms with Crippen molar-refractivity contribution in [2.75, 3.05) is 17.7 Å². The standard InChI is InChI=1S/C21H20ClN3O2/c1-14-7-8-17(11-18(14)22)25-21(26)19-12-16(9-10-23-19)24-13-15-5-3-4-6-20(15)27-2/h3-12H,13H2,1-2H3,(H,23,24)(H,25,26). The lowest BCUT2D eigenvalue weighted by molar-refractivity contribution is 0.102. The molecule has 2 N–H and O–H groups in total. The van der Waals surface area contributed by atoms with Crippen molar-refractivity contribution < 1.29 is 9.53 Å². The van der Waals surface area contributed by atoms with Gasteiger partial charge in [0.2, 0.25) is 0 Å². The van der Waals surface area contributed by atoms with Crippen LogP contribution in [0.5, 0.6) is 5.75 Å². The number of halogens is 1. The van der Waals surface area contributed by atoms with Gasteiger partial charge in [0, 0.05) is 34.7 Å². The van der Waals surface area contributed by atoms with Crippen molar-refractivity contribution in [1.82, 2.24) is 4.98 Å². The summed E-state index contributed by atoms with van der Waals surface area (Å²) in [6.07, 6.45) is 1.60. The minimum atomic E-state index is -0.295. The van der Waals surface area contributed by atoms with Crippen molar-refractivity contribution in [2.45, 2.75) is 13.5 Å². The Hall–Kier alpha value is -3.05. The van der Waals surface area contributed by atoms with E-state index in [1.54, 1.807) is 25.4 Å². The van der Waals surface area contributed by atoms with Crippen LogP contribution in [0.25, 0.3) is 0 Å². The van der Waals surface area contributed by atoms with Crippen LogP contribution < -0.4 is 15.4 Å². The number of benzene rings is 2. The fourth-order valence-corrected chi connectivity index (χ4v) is 2.76. The maximum atomic E-state index is 12.5. The molecule has 2 aromatic carbocycles. The topological polar surface area (TPSA) is 63.2 Å². The number of para-hydroxylation sites is 1. The van der Waals surface area contributed by atoms with Gasteiger partial charge in [-0.15, -0.1) is 0 Å². The fraction of sp³-hybridized carbons (Fsp3) is 0.143. The van der Waals surface area contributed by atoms with E-state index in [9.17, 15) is 4.79 Å². The van der Waals surface area contributed by atoms with E-state index in [-0.39, 0.29) is 5.91 Å². The van der Waals surface area contributed by atoms with E-state index in [2.05, 4.69) is 15.6 Å². The molecule has 0 aliphatic carbocycles. The summed E-state index contributed by atoms with van der Waals surface area (Å²) < 4.78 is 5.35. The molecular formula is C21H20ClN3O2. The molecule has 27 heavy (non-hydrogen) atoms. The van der Waals surface area contributed by atoms with Crippen LogP contribution in [0.15, 0.2) is 60.8 Å². The zero-order valence-corrected chi connectivity index (χ0v) is 15.9. The quantitative estimate of drug-likeness (QED) is 0.636. The highest BCUT2D eigenvalue weighted by atomic mass is 35.5. The third-order valence-corrected chi connectivity index (χ3v) is 4.50. The number of aryl methyl sites for hydroxylation is 1. The Kier molecular flexibility index (Phi) is 5.94. The van der Waals surface area contributed by atoms with Gasteiger partial charge in [0.1, 0.15) is 11.4 Å². The minimum Gasteiger partial charge on any atom is -0.496 e. The summed E-state index contributed by atoms with van der Waals surface area (Å²) in [6.45, 7) is 2.48. The van der Waals surface area contributed by atoms with E-state index in [0.717, 1.165) is 22.6 Å². The summed E-state index contributed by atoms with van der Waals surface area (Å²) in [4.78, 5) is 16.6. The summed E-state index contributed by atoms with van der Waals surface area (Å²) in [5.74, 6) is 0.518. The molecule has 0 bridgehead atoms. The first-order valence-corrected chi connectivity index (χ1v) is 8.84. The SMILES string of the molecule is COc1ccccc1CNc1ccnc(C(=O)Nc2ccc(C)c(Cl)c2)c1. The fourth-order valence-electron chi connectivity index (χ4n) is 2.58. The second-order valence-electron chi connectivity index (χ2n) is 6.01. The molecule has 0 unspecified atom stereocenters. The Morgan fingerprint density at radius 1 is 1.11 bits per heavy atom. The smallest absolute Gasteiger partial charge is 0.274 e. The summed E-state index contributed by atoms with van der Waals surface area (Å²) in [7, 11) is 1.64. The zero-order valence-electron chi connectivity index (χ0n) is 15.1. The van der Waals surface area contributed by atoms with Gasteiger partial charge < -0.3 is 15.4 Å². The number of carbonyl (C=O) groups excluding carboxylic acids is 1. The van der Waals surface area contributed by atoms with Crippen LogP contribution >= 0.6 is 11.6 Å². The Labute approximate surface area is 163 Å².